The molecule has 0 aromatic heterocycles. The van der Waals surface area contributed by atoms with E-state index in [-0.39, 0.29) is 11.7 Å². The molecular weight excluding hydrogens is 228 g/mol. The van der Waals surface area contributed by atoms with Gasteiger partial charge >= 0.3 is 0 Å². The topological polar surface area (TPSA) is 89.3 Å². The molecule has 3 N–H and O–H groups in total. The molecule has 0 radical (unpaired) electrons. The molecular formula is C10H18N2O3S. The minimum absolute atomic E-state index is 0.0563. The molecule has 16 heavy (non-hydrogen) atoms. The van der Waals surface area contributed by atoms with Gasteiger partial charge in [0.25, 0.3) is 0 Å². The third-order valence-corrected chi connectivity index (χ3v) is 3.86. The molecule has 1 aliphatic rings. The molecule has 0 saturated carbocycles. The van der Waals surface area contributed by atoms with Crippen LogP contribution in [0.4, 0.5) is 0 Å². The van der Waals surface area contributed by atoms with Crippen molar-refractivity contribution in [2.75, 3.05) is 5.75 Å². The second kappa shape index (κ2) is 5.45. The number of hydrogen-bond acceptors (Lipinski definition) is 4. The summed E-state index contributed by atoms with van der Waals surface area (Å²) < 4.78 is 22.2. The predicted octanol–water partition coefficient (Wildman–Crippen LogP) is -0.0692. The summed E-state index contributed by atoms with van der Waals surface area (Å²) in [6, 6.07) is -0.971. The maximum Gasteiger partial charge on any atom is 0.237 e. The summed E-state index contributed by atoms with van der Waals surface area (Å²) in [6.45, 7) is 2.02. The maximum absolute atomic E-state index is 11.6. The Balaban J connectivity index is 2.38. The van der Waals surface area contributed by atoms with Gasteiger partial charge in [-0.2, -0.15) is 0 Å². The number of carbonyl (C=O) groups excluding carboxylic acids is 1. The third kappa shape index (κ3) is 3.94. The van der Waals surface area contributed by atoms with Crippen LogP contribution in [-0.2, 0) is 14.6 Å². The minimum Gasteiger partial charge on any atom is -0.347 e. The highest BCUT2D eigenvalue weighted by Gasteiger charge is 2.24. The second-order valence-electron chi connectivity index (χ2n) is 4.02. The molecule has 1 rings (SSSR count). The smallest absolute Gasteiger partial charge is 0.237 e. The highest BCUT2D eigenvalue weighted by atomic mass is 32.2. The lowest BCUT2D eigenvalue weighted by atomic mass is 10.1. The van der Waals surface area contributed by atoms with Gasteiger partial charge in [-0.05, 0) is 12.5 Å². The van der Waals surface area contributed by atoms with Crippen LogP contribution in [0.15, 0.2) is 11.5 Å². The first-order chi connectivity index (χ1) is 7.44. The lowest BCUT2D eigenvalue weighted by Gasteiger charge is -2.14. The average Bonchev–Trinajstić information content (AvgIpc) is 2.54. The molecule has 1 aliphatic heterocycles. The Hall–Kier alpha value is -0.880. The van der Waals surface area contributed by atoms with Gasteiger partial charge < -0.3 is 11.1 Å². The van der Waals surface area contributed by atoms with Crippen molar-refractivity contribution in [1.29, 1.82) is 0 Å². The van der Waals surface area contributed by atoms with E-state index in [0.29, 0.717) is 6.42 Å². The van der Waals surface area contributed by atoms with Gasteiger partial charge in [-0.15, -0.1) is 0 Å². The summed E-state index contributed by atoms with van der Waals surface area (Å²) in [5.74, 6) is -0.334. The van der Waals surface area contributed by atoms with E-state index in [1.165, 1.54) is 6.08 Å². The van der Waals surface area contributed by atoms with E-state index < -0.39 is 21.9 Å². The first-order valence-corrected chi connectivity index (χ1v) is 7.13. The molecule has 0 saturated heterocycles. The van der Waals surface area contributed by atoms with Crippen LogP contribution < -0.4 is 11.1 Å². The molecule has 0 aliphatic carbocycles. The molecule has 0 spiro atoms. The van der Waals surface area contributed by atoms with Crippen LogP contribution in [0.25, 0.3) is 0 Å². The van der Waals surface area contributed by atoms with Crippen molar-refractivity contribution >= 4 is 15.7 Å². The number of unbranched alkanes of at least 4 members (excludes halogenated alkanes) is 1. The number of sulfone groups is 1. The van der Waals surface area contributed by atoms with Gasteiger partial charge in [-0.25, -0.2) is 8.42 Å². The molecule has 0 aromatic carbocycles. The van der Waals surface area contributed by atoms with Gasteiger partial charge in [0.2, 0.25) is 5.91 Å². The fraction of sp³-hybridized carbons (Fsp3) is 0.700. The number of nitrogens with two attached hydrogens (primary N) is 1. The van der Waals surface area contributed by atoms with E-state index in [9.17, 15) is 13.2 Å². The normalized spacial score (nSPS) is 24.2. The lowest BCUT2D eigenvalue weighted by Crippen LogP contribution is -2.45. The standard InChI is InChI=1S/C10H18N2O3S/c1-2-3-4-9(11)10(13)12-8-5-6-16(14,15)7-8/h5-6,8-9H,2-4,7,11H2,1H3,(H,12,13)/t8?,9-/m0/s1. The van der Waals surface area contributed by atoms with Gasteiger partial charge in [0, 0.05) is 5.41 Å². The fourth-order valence-corrected chi connectivity index (χ4v) is 2.75. The molecule has 0 aromatic rings. The Labute approximate surface area is 96.0 Å². The molecule has 0 fully saturated rings. The SMILES string of the molecule is CCCC[C@H](N)C(=O)NC1C=CS(=O)(=O)C1. The number of amides is 1. The highest BCUT2D eigenvalue weighted by Crippen LogP contribution is 2.08. The Morgan fingerprint density at radius 3 is 2.81 bits per heavy atom. The molecule has 2 atom stereocenters. The van der Waals surface area contributed by atoms with Crippen molar-refractivity contribution in [3.05, 3.63) is 11.5 Å². The van der Waals surface area contributed by atoms with Gasteiger partial charge in [-0.3, -0.25) is 4.79 Å². The van der Waals surface area contributed by atoms with E-state index >= 15 is 0 Å². The summed E-state index contributed by atoms with van der Waals surface area (Å²) in [5.41, 5.74) is 5.66. The summed E-state index contributed by atoms with van der Waals surface area (Å²) in [4.78, 5) is 11.6. The van der Waals surface area contributed by atoms with Crippen LogP contribution >= 0.6 is 0 Å². The van der Waals surface area contributed by atoms with E-state index in [2.05, 4.69) is 5.32 Å². The largest absolute Gasteiger partial charge is 0.347 e. The van der Waals surface area contributed by atoms with Crippen LogP contribution in [0.2, 0.25) is 0 Å². The van der Waals surface area contributed by atoms with Crippen molar-refractivity contribution in [3.8, 4) is 0 Å². The van der Waals surface area contributed by atoms with E-state index in [4.69, 9.17) is 5.73 Å². The third-order valence-electron chi connectivity index (χ3n) is 2.46. The molecule has 1 heterocycles. The fourth-order valence-electron chi connectivity index (χ4n) is 1.51. The molecule has 5 nitrogen and oxygen atoms in total. The summed E-state index contributed by atoms with van der Waals surface area (Å²) in [7, 11) is -3.12. The number of carbonyl (C=O) groups is 1. The van der Waals surface area contributed by atoms with Crippen LogP contribution in [0.3, 0.4) is 0 Å². The lowest BCUT2D eigenvalue weighted by molar-refractivity contribution is -0.122. The maximum atomic E-state index is 11.6. The predicted molar refractivity (Wildman–Crippen MR) is 62.4 cm³/mol. The monoisotopic (exact) mass is 246 g/mol. The van der Waals surface area contributed by atoms with Crippen LogP contribution in [0.1, 0.15) is 26.2 Å². The molecule has 6 heteroatoms. The number of hydrogen-bond donors (Lipinski definition) is 2. The van der Waals surface area contributed by atoms with Crippen LogP contribution in [-0.4, -0.2) is 32.2 Å². The Morgan fingerprint density at radius 1 is 1.62 bits per heavy atom. The van der Waals surface area contributed by atoms with Crippen molar-refractivity contribution in [1.82, 2.24) is 5.32 Å². The van der Waals surface area contributed by atoms with Crippen molar-refractivity contribution < 1.29 is 13.2 Å². The van der Waals surface area contributed by atoms with Gasteiger partial charge in [-0.1, -0.05) is 19.8 Å². The zero-order chi connectivity index (χ0) is 12.2. The van der Waals surface area contributed by atoms with Gasteiger partial charge in [0.15, 0.2) is 9.84 Å². The Bertz CT molecular complexity index is 376. The first-order valence-electron chi connectivity index (χ1n) is 5.41. The number of nitrogens with one attached hydrogen (secondary N) is 1. The van der Waals surface area contributed by atoms with Crippen LogP contribution in [0.5, 0.6) is 0 Å². The molecule has 92 valence electrons. The first kappa shape index (κ1) is 13.2. The van der Waals surface area contributed by atoms with Crippen molar-refractivity contribution in [2.45, 2.75) is 38.3 Å². The van der Waals surface area contributed by atoms with E-state index in [1.807, 2.05) is 6.92 Å². The molecule has 1 unspecified atom stereocenters. The Morgan fingerprint density at radius 2 is 2.31 bits per heavy atom. The van der Waals surface area contributed by atoms with E-state index in [1.54, 1.807) is 0 Å². The van der Waals surface area contributed by atoms with Gasteiger partial charge in [0.1, 0.15) is 0 Å². The highest BCUT2D eigenvalue weighted by molar-refractivity contribution is 7.94. The Kier molecular flexibility index (Phi) is 4.49. The zero-order valence-electron chi connectivity index (χ0n) is 9.35. The minimum atomic E-state index is -3.12. The summed E-state index contributed by atoms with van der Waals surface area (Å²) in [6.07, 6.45) is 4.00. The number of rotatable bonds is 5. The quantitative estimate of drug-likeness (QED) is 0.710. The molecule has 0 bridgehead atoms. The van der Waals surface area contributed by atoms with E-state index in [0.717, 1.165) is 18.2 Å². The summed E-state index contributed by atoms with van der Waals surface area (Å²) >= 11 is 0. The van der Waals surface area contributed by atoms with Crippen molar-refractivity contribution in [3.63, 3.8) is 0 Å². The average molecular weight is 246 g/mol. The second-order valence-corrected chi connectivity index (χ2v) is 5.95. The molecule has 1 amide bonds. The van der Waals surface area contributed by atoms with Crippen LogP contribution in [0, 0.1) is 0 Å². The van der Waals surface area contributed by atoms with Gasteiger partial charge in [0.05, 0.1) is 17.8 Å². The summed E-state index contributed by atoms with van der Waals surface area (Å²) in [5, 5.41) is 3.75. The van der Waals surface area contributed by atoms with Crippen molar-refractivity contribution in [2.24, 2.45) is 5.73 Å². The zero-order valence-corrected chi connectivity index (χ0v) is 10.2.